The number of hydrogen-bond acceptors (Lipinski definition) is 9. The van der Waals surface area contributed by atoms with Crippen molar-refractivity contribution in [3.05, 3.63) is 30.3 Å². The molecule has 0 amide bonds. The van der Waals surface area contributed by atoms with Gasteiger partial charge in [-0.3, -0.25) is 19.3 Å². The van der Waals surface area contributed by atoms with Crippen molar-refractivity contribution < 1.29 is 33.7 Å². The number of para-hydroxylation sites is 1. The molecule has 4 fully saturated rings. The minimum atomic E-state index is -0.964. The highest BCUT2D eigenvalue weighted by Crippen LogP contribution is 2.59. The Labute approximate surface area is 224 Å². The topological polar surface area (TPSA) is 106 Å². The molecule has 1 N–H and O–H groups in total. The smallest absolute Gasteiger partial charge is 0.311 e. The summed E-state index contributed by atoms with van der Waals surface area (Å²) in [6.45, 7) is 10.6. The van der Waals surface area contributed by atoms with Crippen molar-refractivity contribution in [1.82, 2.24) is 4.90 Å². The van der Waals surface area contributed by atoms with Gasteiger partial charge in [0.15, 0.2) is 0 Å². The summed E-state index contributed by atoms with van der Waals surface area (Å²) in [7, 11) is 0. The van der Waals surface area contributed by atoms with E-state index in [1.807, 2.05) is 25.1 Å². The van der Waals surface area contributed by atoms with Gasteiger partial charge in [-0.25, -0.2) is 0 Å². The molecule has 38 heavy (non-hydrogen) atoms. The summed E-state index contributed by atoms with van der Waals surface area (Å²) in [4.78, 5) is 41.8. The number of benzene rings is 1. The van der Waals surface area contributed by atoms with Gasteiger partial charge in [-0.1, -0.05) is 32.0 Å². The lowest BCUT2D eigenvalue weighted by atomic mass is 9.66. The molecule has 0 radical (unpaired) electrons. The molecule has 5 rings (SSSR count). The number of anilines is 1. The summed E-state index contributed by atoms with van der Waals surface area (Å²) in [6, 6.07) is 10.3. The largest absolute Gasteiger partial charge is 0.462 e. The van der Waals surface area contributed by atoms with Gasteiger partial charge in [-0.2, -0.15) is 0 Å². The minimum Gasteiger partial charge on any atom is -0.462 e. The van der Waals surface area contributed by atoms with E-state index in [0.717, 1.165) is 26.2 Å². The highest BCUT2D eigenvalue weighted by molar-refractivity contribution is 5.76. The SMILES string of the molecule is CC(=O)O[C@H]1C[C@H](OC(C)=O)[C@]2(C)[C@@H]1[C@H](C)C[C@@H]1OC(=O)[C@H](CN3CCN(c4ccccc4)CC3)[C@H]1[C@@H]2O. The highest BCUT2D eigenvalue weighted by Gasteiger charge is 2.67. The zero-order valence-corrected chi connectivity index (χ0v) is 22.7. The maximum absolute atomic E-state index is 13.2. The molecule has 2 saturated heterocycles. The van der Waals surface area contributed by atoms with Crippen molar-refractivity contribution in [2.75, 3.05) is 37.6 Å². The fraction of sp³-hybridized carbons (Fsp3) is 0.690. The molecule has 1 aromatic rings. The molecule has 9 nitrogen and oxygen atoms in total. The number of fused-ring (bicyclic) bond motifs is 2. The molecule has 9 atom stereocenters. The van der Waals surface area contributed by atoms with Crippen molar-refractivity contribution in [2.24, 2.45) is 29.1 Å². The predicted molar refractivity (Wildman–Crippen MR) is 139 cm³/mol. The van der Waals surface area contributed by atoms with E-state index in [0.29, 0.717) is 19.4 Å². The highest BCUT2D eigenvalue weighted by atomic mass is 16.6. The molecule has 0 bridgehead atoms. The molecule has 2 heterocycles. The van der Waals surface area contributed by atoms with E-state index in [1.165, 1.54) is 19.5 Å². The maximum Gasteiger partial charge on any atom is 0.311 e. The molecule has 0 aromatic heterocycles. The lowest BCUT2D eigenvalue weighted by Crippen LogP contribution is -2.53. The number of aliphatic hydroxyl groups excluding tert-OH is 1. The zero-order chi connectivity index (χ0) is 27.2. The van der Waals surface area contributed by atoms with E-state index < -0.39 is 53.6 Å². The number of aliphatic hydroxyl groups is 1. The van der Waals surface area contributed by atoms with Crippen LogP contribution in [0.4, 0.5) is 5.69 Å². The minimum absolute atomic E-state index is 0.0180. The number of piperazine rings is 1. The van der Waals surface area contributed by atoms with Gasteiger partial charge >= 0.3 is 17.9 Å². The third kappa shape index (κ3) is 4.79. The van der Waals surface area contributed by atoms with Crippen LogP contribution in [0, 0.1) is 29.1 Å². The number of nitrogens with zero attached hydrogens (tertiary/aromatic N) is 2. The molecule has 4 aliphatic rings. The van der Waals surface area contributed by atoms with Gasteiger partial charge < -0.3 is 24.2 Å². The second kappa shape index (κ2) is 10.5. The third-order valence-corrected chi connectivity index (χ3v) is 9.52. The van der Waals surface area contributed by atoms with Crippen molar-refractivity contribution >= 4 is 23.6 Å². The molecule has 2 aliphatic heterocycles. The first-order chi connectivity index (χ1) is 18.1. The monoisotopic (exact) mass is 528 g/mol. The van der Waals surface area contributed by atoms with Crippen LogP contribution in [0.3, 0.4) is 0 Å². The van der Waals surface area contributed by atoms with Gasteiger partial charge in [-0.15, -0.1) is 0 Å². The third-order valence-electron chi connectivity index (χ3n) is 9.52. The predicted octanol–water partition coefficient (Wildman–Crippen LogP) is 2.26. The van der Waals surface area contributed by atoms with E-state index in [9.17, 15) is 19.5 Å². The van der Waals surface area contributed by atoms with Crippen molar-refractivity contribution in [1.29, 1.82) is 0 Å². The number of carbonyl (C=O) groups is 3. The first-order valence-corrected chi connectivity index (χ1v) is 13.8. The number of ether oxygens (including phenoxy) is 3. The van der Waals surface area contributed by atoms with Crippen LogP contribution in [0.5, 0.6) is 0 Å². The average Bonchev–Trinajstić information content (AvgIpc) is 3.28. The average molecular weight is 529 g/mol. The summed E-state index contributed by atoms with van der Waals surface area (Å²) in [5.74, 6) is -2.26. The second-order valence-corrected chi connectivity index (χ2v) is 11.8. The molecule has 2 saturated carbocycles. The molecule has 2 aliphatic carbocycles. The fourth-order valence-electron chi connectivity index (χ4n) is 7.89. The van der Waals surface area contributed by atoms with Gasteiger partial charge in [0.1, 0.15) is 18.3 Å². The van der Waals surface area contributed by atoms with Gasteiger partial charge in [0.25, 0.3) is 0 Å². The van der Waals surface area contributed by atoms with E-state index in [2.05, 4.69) is 28.9 Å². The molecule has 208 valence electrons. The summed E-state index contributed by atoms with van der Waals surface area (Å²) >= 11 is 0. The van der Waals surface area contributed by atoms with Crippen LogP contribution < -0.4 is 4.90 Å². The van der Waals surface area contributed by atoms with Crippen LogP contribution in [0.25, 0.3) is 0 Å². The molecule has 1 aromatic carbocycles. The molecule has 9 heteroatoms. The zero-order valence-electron chi connectivity index (χ0n) is 22.7. The summed E-state index contributed by atoms with van der Waals surface area (Å²) in [6.07, 6.45) is -1.60. The second-order valence-electron chi connectivity index (χ2n) is 11.8. The van der Waals surface area contributed by atoms with E-state index in [-0.39, 0.29) is 17.8 Å². The van der Waals surface area contributed by atoms with Gasteiger partial charge in [0.05, 0.1) is 12.0 Å². The van der Waals surface area contributed by atoms with Crippen molar-refractivity contribution in [3.8, 4) is 0 Å². The quantitative estimate of drug-likeness (QED) is 0.455. The van der Waals surface area contributed by atoms with E-state index >= 15 is 0 Å². The van der Waals surface area contributed by atoms with Crippen LogP contribution in [0.15, 0.2) is 30.3 Å². The van der Waals surface area contributed by atoms with Crippen LogP contribution in [-0.4, -0.2) is 85.1 Å². The van der Waals surface area contributed by atoms with Crippen LogP contribution >= 0.6 is 0 Å². The molecular formula is C29H40N2O7. The Bertz CT molecular complexity index is 1040. The normalized spacial score (nSPS) is 39.1. The van der Waals surface area contributed by atoms with E-state index in [4.69, 9.17) is 14.2 Å². The summed E-state index contributed by atoms with van der Waals surface area (Å²) in [5.41, 5.74) is 0.308. The van der Waals surface area contributed by atoms with Gasteiger partial charge in [-0.05, 0) is 24.5 Å². The van der Waals surface area contributed by atoms with Crippen molar-refractivity contribution in [3.63, 3.8) is 0 Å². The Morgan fingerprint density at radius 1 is 1.05 bits per heavy atom. The number of hydrogen-bond donors (Lipinski definition) is 1. The van der Waals surface area contributed by atoms with Crippen LogP contribution in [-0.2, 0) is 28.6 Å². The molecule has 0 spiro atoms. The lowest BCUT2D eigenvalue weighted by molar-refractivity contribution is -0.165. The maximum atomic E-state index is 13.2. The number of rotatable bonds is 5. The number of carbonyl (C=O) groups excluding carboxylic acids is 3. The summed E-state index contributed by atoms with van der Waals surface area (Å²) in [5, 5.41) is 12.1. The van der Waals surface area contributed by atoms with Crippen molar-refractivity contribution in [2.45, 2.75) is 65.0 Å². The van der Waals surface area contributed by atoms with Gasteiger partial charge in [0, 0.05) is 75.9 Å². The molecular weight excluding hydrogens is 488 g/mol. The Kier molecular flexibility index (Phi) is 7.44. The Morgan fingerprint density at radius 2 is 1.71 bits per heavy atom. The lowest BCUT2D eigenvalue weighted by Gasteiger charge is -2.44. The first kappa shape index (κ1) is 26.9. The first-order valence-electron chi connectivity index (χ1n) is 13.8. The standard InChI is InChI=1S/C29H40N2O7/c1-17-14-22-25(27(34)29(4)24(37-19(3)33)15-23(26(17)29)36-18(2)32)21(28(35)38-22)16-30-10-12-31(13-11-30)20-8-6-5-7-9-20/h5-9,17,21-27,34H,10-16H2,1-4H3/t17-,21-,22+,23+,24+,25-,26-,27+,29-/m1/s1. The molecule has 0 unspecified atom stereocenters. The Hall–Kier alpha value is -2.65. The van der Waals surface area contributed by atoms with Crippen LogP contribution in [0.2, 0.25) is 0 Å². The fourth-order valence-corrected chi connectivity index (χ4v) is 7.89. The Balaban J connectivity index is 1.37. The summed E-state index contributed by atoms with van der Waals surface area (Å²) < 4.78 is 17.4. The van der Waals surface area contributed by atoms with E-state index in [1.54, 1.807) is 0 Å². The van der Waals surface area contributed by atoms with Gasteiger partial charge in [0.2, 0.25) is 0 Å². The Morgan fingerprint density at radius 3 is 2.34 bits per heavy atom. The van der Waals surface area contributed by atoms with Crippen LogP contribution in [0.1, 0.15) is 40.5 Å². The number of esters is 3.